The van der Waals surface area contributed by atoms with Gasteiger partial charge in [-0.25, -0.2) is 0 Å². The van der Waals surface area contributed by atoms with Crippen LogP contribution in [-0.4, -0.2) is 36.5 Å². The first-order chi connectivity index (χ1) is 10.6. The maximum atomic E-state index is 12.0. The van der Waals surface area contributed by atoms with Gasteiger partial charge in [0.15, 0.2) is 0 Å². The van der Waals surface area contributed by atoms with Crippen molar-refractivity contribution in [1.82, 2.24) is 4.90 Å². The highest BCUT2D eigenvalue weighted by molar-refractivity contribution is 5.92. The maximum Gasteiger partial charge on any atom is 0.309 e. The van der Waals surface area contributed by atoms with Gasteiger partial charge in [-0.15, -0.1) is 0 Å². The molecule has 0 aromatic heterocycles. The molecular weight excluding hydrogens is 278 g/mol. The summed E-state index contributed by atoms with van der Waals surface area (Å²) in [6.07, 6.45) is 8.55. The average Bonchev–Trinajstić information content (AvgIpc) is 2.53. The number of ether oxygens (including phenoxy) is 1. The molecule has 1 amide bonds. The molecule has 4 nitrogen and oxygen atoms in total. The number of carbonyl (C=O) groups is 2. The van der Waals surface area contributed by atoms with E-state index in [2.05, 4.69) is 13.5 Å². The molecule has 0 saturated carbocycles. The first-order valence-corrected chi connectivity index (χ1v) is 8.67. The molecule has 0 aliphatic carbocycles. The minimum atomic E-state index is -0.0871. The van der Waals surface area contributed by atoms with Crippen molar-refractivity contribution >= 4 is 11.9 Å². The average molecular weight is 309 g/mol. The second-order valence-corrected chi connectivity index (χ2v) is 6.28. The predicted molar refractivity (Wildman–Crippen MR) is 88.5 cm³/mol. The van der Waals surface area contributed by atoms with Gasteiger partial charge >= 0.3 is 5.97 Å². The first kappa shape index (κ1) is 18.7. The van der Waals surface area contributed by atoms with Crippen molar-refractivity contribution in [3.63, 3.8) is 0 Å². The fourth-order valence-corrected chi connectivity index (χ4v) is 2.76. The van der Waals surface area contributed by atoms with E-state index in [9.17, 15) is 9.59 Å². The van der Waals surface area contributed by atoms with Gasteiger partial charge in [-0.05, 0) is 26.2 Å². The van der Waals surface area contributed by atoms with E-state index >= 15 is 0 Å². The number of likely N-dealkylation sites (tertiary alicyclic amines) is 1. The topological polar surface area (TPSA) is 46.6 Å². The lowest BCUT2D eigenvalue weighted by Gasteiger charge is -2.31. The Hall–Kier alpha value is -1.32. The molecule has 0 radical (unpaired) electrons. The Morgan fingerprint density at radius 2 is 1.68 bits per heavy atom. The maximum absolute atomic E-state index is 12.0. The molecule has 1 fully saturated rings. The zero-order valence-electron chi connectivity index (χ0n) is 14.2. The number of unbranched alkanes of at least 4 members (excludes halogenated alkanes) is 5. The quantitative estimate of drug-likeness (QED) is 0.370. The van der Waals surface area contributed by atoms with Crippen LogP contribution in [0.15, 0.2) is 12.2 Å². The van der Waals surface area contributed by atoms with Crippen molar-refractivity contribution in [3.8, 4) is 0 Å². The summed E-state index contributed by atoms with van der Waals surface area (Å²) in [5.41, 5.74) is 0.559. The van der Waals surface area contributed by atoms with E-state index in [-0.39, 0.29) is 17.8 Å². The summed E-state index contributed by atoms with van der Waals surface area (Å²) in [7, 11) is 0. The fraction of sp³-hybridized carbons (Fsp3) is 0.778. The molecule has 0 N–H and O–H groups in total. The van der Waals surface area contributed by atoms with Crippen LogP contribution in [0, 0.1) is 5.92 Å². The number of hydrogen-bond acceptors (Lipinski definition) is 3. The first-order valence-electron chi connectivity index (χ1n) is 8.67. The predicted octanol–water partition coefficient (Wildman–Crippen LogP) is 3.70. The third kappa shape index (κ3) is 6.63. The Kier molecular flexibility index (Phi) is 8.86. The number of rotatable bonds is 9. The Bertz CT molecular complexity index is 371. The zero-order valence-corrected chi connectivity index (χ0v) is 14.2. The van der Waals surface area contributed by atoms with Crippen LogP contribution in [0.2, 0.25) is 0 Å². The summed E-state index contributed by atoms with van der Waals surface area (Å²) in [5.74, 6) is -0.135. The third-order valence-electron chi connectivity index (χ3n) is 4.22. The Morgan fingerprint density at radius 3 is 2.27 bits per heavy atom. The minimum absolute atomic E-state index is 0.00102. The molecule has 0 atom stereocenters. The number of carbonyl (C=O) groups excluding carboxylic acids is 2. The van der Waals surface area contributed by atoms with E-state index in [1.165, 1.54) is 25.7 Å². The minimum Gasteiger partial charge on any atom is -0.465 e. The number of amides is 1. The summed E-state index contributed by atoms with van der Waals surface area (Å²) in [6.45, 7) is 9.40. The zero-order chi connectivity index (χ0) is 16.4. The molecule has 1 rings (SSSR count). The highest BCUT2D eigenvalue weighted by Gasteiger charge is 2.28. The molecule has 0 aromatic carbocycles. The van der Waals surface area contributed by atoms with Crippen molar-refractivity contribution in [1.29, 1.82) is 0 Å². The number of nitrogens with zero attached hydrogens (tertiary/aromatic N) is 1. The molecule has 22 heavy (non-hydrogen) atoms. The molecular formula is C18H31NO3. The van der Waals surface area contributed by atoms with Gasteiger partial charge in [0, 0.05) is 18.7 Å². The Balaban J connectivity index is 2.12. The number of esters is 1. The lowest BCUT2D eigenvalue weighted by Crippen LogP contribution is -2.40. The van der Waals surface area contributed by atoms with Gasteiger partial charge in [0.25, 0.3) is 0 Å². The van der Waals surface area contributed by atoms with Gasteiger partial charge in [-0.2, -0.15) is 0 Å². The Morgan fingerprint density at radius 1 is 1.09 bits per heavy atom. The van der Waals surface area contributed by atoms with Gasteiger partial charge in [-0.3, -0.25) is 9.59 Å². The van der Waals surface area contributed by atoms with Crippen LogP contribution in [0.1, 0.15) is 65.2 Å². The summed E-state index contributed by atoms with van der Waals surface area (Å²) in [6, 6.07) is 0. The summed E-state index contributed by atoms with van der Waals surface area (Å²) in [5, 5.41) is 0. The molecule has 0 spiro atoms. The van der Waals surface area contributed by atoms with Crippen molar-refractivity contribution in [3.05, 3.63) is 12.2 Å². The van der Waals surface area contributed by atoms with E-state index in [1.54, 1.807) is 11.8 Å². The van der Waals surface area contributed by atoms with Crippen LogP contribution >= 0.6 is 0 Å². The molecule has 1 heterocycles. The van der Waals surface area contributed by atoms with Crippen LogP contribution in [0.3, 0.4) is 0 Å². The molecule has 0 unspecified atom stereocenters. The number of hydrogen-bond donors (Lipinski definition) is 0. The second kappa shape index (κ2) is 10.4. The van der Waals surface area contributed by atoms with Crippen LogP contribution in [-0.2, 0) is 14.3 Å². The Labute approximate surface area is 134 Å². The number of piperidine rings is 1. The summed E-state index contributed by atoms with van der Waals surface area (Å²) in [4.78, 5) is 25.6. The molecule has 1 aliphatic rings. The van der Waals surface area contributed by atoms with Crippen LogP contribution in [0.4, 0.5) is 0 Å². The van der Waals surface area contributed by atoms with E-state index in [0.29, 0.717) is 38.1 Å². The molecule has 1 aliphatic heterocycles. The summed E-state index contributed by atoms with van der Waals surface area (Å²) >= 11 is 0. The van der Waals surface area contributed by atoms with E-state index in [0.717, 1.165) is 12.8 Å². The highest BCUT2D eigenvalue weighted by atomic mass is 16.5. The van der Waals surface area contributed by atoms with Crippen molar-refractivity contribution in [2.75, 3.05) is 19.7 Å². The van der Waals surface area contributed by atoms with Crippen LogP contribution in [0.25, 0.3) is 0 Å². The molecule has 0 aromatic rings. The van der Waals surface area contributed by atoms with Crippen molar-refractivity contribution in [2.45, 2.75) is 65.2 Å². The fourth-order valence-electron chi connectivity index (χ4n) is 2.76. The molecule has 1 saturated heterocycles. The lowest BCUT2D eigenvalue weighted by molar-refractivity contribution is -0.151. The summed E-state index contributed by atoms with van der Waals surface area (Å²) < 4.78 is 5.37. The smallest absolute Gasteiger partial charge is 0.309 e. The molecule has 126 valence electrons. The van der Waals surface area contributed by atoms with Crippen molar-refractivity contribution in [2.24, 2.45) is 5.92 Å². The van der Waals surface area contributed by atoms with Crippen LogP contribution in [0.5, 0.6) is 0 Å². The van der Waals surface area contributed by atoms with E-state index in [1.807, 2.05) is 0 Å². The van der Waals surface area contributed by atoms with Crippen molar-refractivity contribution < 1.29 is 14.3 Å². The SMILES string of the molecule is C=C(C)C(=O)N1CCC(C(=O)OCCCCCCCC)CC1. The molecule has 0 bridgehead atoms. The van der Waals surface area contributed by atoms with Gasteiger partial charge in [-0.1, -0.05) is 45.6 Å². The third-order valence-corrected chi connectivity index (χ3v) is 4.22. The van der Waals surface area contributed by atoms with Crippen LogP contribution < -0.4 is 0 Å². The second-order valence-electron chi connectivity index (χ2n) is 6.28. The van der Waals surface area contributed by atoms with Gasteiger partial charge < -0.3 is 9.64 Å². The van der Waals surface area contributed by atoms with E-state index in [4.69, 9.17) is 4.74 Å². The largest absolute Gasteiger partial charge is 0.465 e. The standard InChI is InChI=1S/C18H31NO3/c1-4-5-6-7-8-9-14-22-18(21)16-10-12-19(13-11-16)17(20)15(2)3/h16H,2,4-14H2,1,3H3. The van der Waals surface area contributed by atoms with Gasteiger partial charge in [0.05, 0.1) is 12.5 Å². The highest BCUT2D eigenvalue weighted by Crippen LogP contribution is 2.20. The van der Waals surface area contributed by atoms with Gasteiger partial charge in [0.1, 0.15) is 0 Å². The van der Waals surface area contributed by atoms with E-state index < -0.39 is 0 Å². The normalized spacial score (nSPS) is 15.6. The lowest BCUT2D eigenvalue weighted by atomic mass is 9.96. The molecule has 4 heteroatoms. The monoisotopic (exact) mass is 309 g/mol. The van der Waals surface area contributed by atoms with Gasteiger partial charge in [0.2, 0.25) is 5.91 Å².